The summed E-state index contributed by atoms with van der Waals surface area (Å²) in [5.74, 6) is 0.529. The Hall–Kier alpha value is -1.61. The van der Waals surface area contributed by atoms with Crippen LogP contribution in [0.4, 0.5) is 13.2 Å². The third-order valence-electron chi connectivity index (χ3n) is 2.90. The van der Waals surface area contributed by atoms with Crippen molar-refractivity contribution in [3.63, 3.8) is 0 Å². The van der Waals surface area contributed by atoms with Gasteiger partial charge in [0.25, 0.3) is 0 Å². The number of benzene rings is 1. The van der Waals surface area contributed by atoms with E-state index in [2.05, 4.69) is 36.5 Å². The number of rotatable bonds is 5. The van der Waals surface area contributed by atoms with Crippen molar-refractivity contribution in [2.24, 2.45) is 4.99 Å². The lowest BCUT2D eigenvalue weighted by Gasteiger charge is -2.10. The number of hydrogen-bond acceptors (Lipinski definition) is 3. The van der Waals surface area contributed by atoms with Crippen LogP contribution < -0.4 is 10.6 Å². The molecule has 0 saturated heterocycles. The van der Waals surface area contributed by atoms with E-state index in [0.717, 1.165) is 26.8 Å². The van der Waals surface area contributed by atoms with Crippen LogP contribution in [-0.2, 0) is 19.3 Å². The number of aromatic nitrogens is 1. The molecule has 1 aromatic heterocycles. The van der Waals surface area contributed by atoms with Gasteiger partial charge in [-0.1, -0.05) is 28.1 Å². The molecular weight excluding hydrogens is 405 g/mol. The van der Waals surface area contributed by atoms with Gasteiger partial charge in [-0.2, -0.15) is 13.2 Å². The van der Waals surface area contributed by atoms with Crippen molar-refractivity contribution in [1.82, 2.24) is 15.6 Å². The molecule has 2 aromatic rings. The SMILES string of the molecule is CCNC(=NCc1cccc(Br)c1)NCc1nc(C(F)(F)F)cs1. The summed E-state index contributed by atoms with van der Waals surface area (Å²) in [6.45, 7) is 3.21. The first-order chi connectivity index (χ1) is 11.4. The molecule has 1 heterocycles. The lowest BCUT2D eigenvalue weighted by Crippen LogP contribution is -2.36. The van der Waals surface area contributed by atoms with Crippen LogP contribution in [-0.4, -0.2) is 17.5 Å². The maximum atomic E-state index is 12.5. The van der Waals surface area contributed by atoms with E-state index in [1.165, 1.54) is 0 Å². The fourth-order valence-electron chi connectivity index (χ4n) is 1.83. The lowest BCUT2D eigenvalue weighted by atomic mass is 10.2. The van der Waals surface area contributed by atoms with E-state index in [1.807, 2.05) is 31.2 Å². The Morgan fingerprint density at radius 3 is 2.75 bits per heavy atom. The van der Waals surface area contributed by atoms with Crippen molar-refractivity contribution in [3.8, 4) is 0 Å². The number of hydrogen-bond donors (Lipinski definition) is 2. The Balaban J connectivity index is 1.98. The van der Waals surface area contributed by atoms with Crippen LogP contribution in [0.5, 0.6) is 0 Å². The highest BCUT2D eigenvalue weighted by Gasteiger charge is 2.33. The third-order valence-corrected chi connectivity index (χ3v) is 4.24. The number of nitrogens with zero attached hydrogens (tertiary/aromatic N) is 2. The third kappa shape index (κ3) is 5.79. The van der Waals surface area contributed by atoms with Gasteiger partial charge in [0.2, 0.25) is 0 Å². The first-order valence-electron chi connectivity index (χ1n) is 7.16. The summed E-state index contributed by atoms with van der Waals surface area (Å²) in [4.78, 5) is 8.01. The van der Waals surface area contributed by atoms with Gasteiger partial charge in [-0.15, -0.1) is 11.3 Å². The van der Waals surface area contributed by atoms with Gasteiger partial charge >= 0.3 is 6.18 Å². The van der Waals surface area contributed by atoms with E-state index >= 15 is 0 Å². The number of nitrogens with one attached hydrogen (secondary N) is 2. The average Bonchev–Trinajstić information content (AvgIpc) is 2.99. The van der Waals surface area contributed by atoms with Crippen molar-refractivity contribution in [2.45, 2.75) is 26.2 Å². The fraction of sp³-hybridized carbons (Fsp3) is 0.333. The topological polar surface area (TPSA) is 49.3 Å². The summed E-state index contributed by atoms with van der Waals surface area (Å²) in [5, 5.41) is 7.42. The number of aliphatic imine (C=N–C) groups is 1. The molecule has 0 aliphatic rings. The highest BCUT2D eigenvalue weighted by atomic mass is 79.9. The molecule has 130 valence electrons. The minimum Gasteiger partial charge on any atom is -0.357 e. The highest BCUT2D eigenvalue weighted by molar-refractivity contribution is 9.10. The number of halogens is 4. The Morgan fingerprint density at radius 1 is 1.33 bits per heavy atom. The summed E-state index contributed by atoms with van der Waals surface area (Å²) in [5.41, 5.74) is 0.163. The summed E-state index contributed by atoms with van der Waals surface area (Å²) < 4.78 is 38.6. The summed E-state index contributed by atoms with van der Waals surface area (Å²) in [6.07, 6.45) is -4.41. The minimum atomic E-state index is -4.41. The molecule has 0 aliphatic carbocycles. The van der Waals surface area contributed by atoms with E-state index in [1.54, 1.807) is 0 Å². The normalized spacial score (nSPS) is 12.3. The standard InChI is InChI=1S/C15H16BrF3N4S/c1-2-20-14(21-7-10-4-3-5-11(16)6-10)22-8-13-23-12(9-24-13)15(17,18)19/h3-6,9H,2,7-8H2,1H3,(H2,20,21,22). The monoisotopic (exact) mass is 420 g/mol. The summed E-state index contributed by atoms with van der Waals surface area (Å²) in [7, 11) is 0. The number of alkyl halides is 3. The zero-order valence-electron chi connectivity index (χ0n) is 12.8. The molecule has 2 rings (SSSR count). The molecule has 4 nitrogen and oxygen atoms in total. The molecule has 24 heavy (non-hydrogen) atoms. The first kappa shape index (κ1) is 18.7. The Labute approximate surface area is 150 Å². The quantitative estimate of drug-likeness (QED) is 0.563. The van der Waals surface area contributed by atoms with Crippen LogP contribution in [0.1, 0.15) is 23.2 Å². The van der Waals surface area contributed by atoms with Crippen molar-refractivity contribution < 1.29 is 13.2 Å². The number of thiazole rings is 1. The average molecular weight is 421 g/mol. The van der Waals surface area contributed by atoms with Gasteiger partial charge in [0.05, 0.1) is 13.1 Å². The van der Waals surface area contributed by atoms with Crippen LogP contribution >= 0.6 is 27.3 Å². The molecule has 0 aliphatic heterocycles. The van der Waals surface area contributed by atoms with Gasteiger partial charge in [-0.05, 0) is 24.6 Å². The molecule has 1 aromatic carbocycles. The second kappa shape index (κ2) is 8.48. The van der Waals surface area contributed by atoms with Gasteiger partial charge in [0, 0.05) is 16.4 Å². The van der Waals surface area contributed by atoms with E-state index in [-0.39, 0.29) is 6.54 Å². The Kier molecular flexibility index (Phi) is 6.61. The first-order valence-corrected chi connectivity index (χ1v) is 8.84. The maximum Gasteiger partial charge on any atom is 0.434 e. The van der Waals surface area contributed by atoms with E-state index in [9.17, 15) is 13.2 Å². The molecule has 0 unspecified atom stereocenters. The molecule has 0 atom stereocenters. The second-order valence-electron chi connectivity index (χ2n) is 4.80. The predicted molar refractivity (Wildman–Crippen MR) is 92.9 cm³/mol. The van der Waals surface area contributed by atoms with E-state index < -0.39 is 11.9 Å². The summed E-state index contributed by atoms with van der Waals surface area (Å²) >= 11 is 4.37. The van der Waals surface area contributed by atoms with Gasteiger partial charge < -0.3 is 10.6 Å². The zero-order chi connectivity index (χ0) is 17.6. The van der Waals surface area contributed by atoms with Gasteiger partial charge in [-0.25, -0.2) is 9.98 Å². The Bertz CT molecular complexity index is 700. The van der Waals surface area contributed by atoms with Crippen molar-refractivity contribution >= 4 is 33.2 Å². The van der Waals surface area contributed by atoms with Gasteiger partial charge in [0.1, 0.15) is 5.01 Å². The smallest absolute Gasteiger partial charge is 0.357 e. The van der Waals surface area contributed by atoms with Crippen molar-refractivity contribution in [3.05, 3.63) is 50.4 Å². The van der Waals surface area contributed by atoms with Crippen LogP contribution in [0, 0.1) is 0 Å². The van der Waals surface area contributed by atoms with E-state index in [0.29, 0.717) is 24.1 Å². The van der Waals surface area contributed by atoms with E-state index in [4.69, 9.17) is 0 Å². The van der Waals surface area contributed by atoms with Gasteiger partial charge in [-0.3, -0.25) is 0 Å². The maximum absolute atomic E-state index is 12.5. The Morgan fingerprint density at radius 2 is 2.12 bits per heavy atom. The largest absolute Gasteiger partial charge is 0.434 e. The predicted octanol–water partition coefficient (Wildman–Crippen LogP) is 4.18. The summed E-state index contributed by atoms with van der Waals surface area (Å²) in [6, 6.07) is 7.76. The zero-order valence-corrected chi connectivity index (χ0v) is 15.2. The molecule has 0 fully saturated rings. The lowest BCUT2D eigenvalue weighted by molar-refractivity contribution is -0.140. The fourth-order valence-corrected chi connectivity index (χ4v) is 3.02. The molecule has 9 heteroatoms. The molecular formula is C15H16BrF3N4S. The van der Waals surface area contributed by atoms with Gasteiger partial charge in [0.15, 0.2) is 11.7 Å². The molecule has 0 radical (unpaired) electrons. The van der Waals surface area contributed by atoms with Crippen molar-refractivity contribution in [2.75, 3.05) is 6.54 Å². The second-order valence-corrected chi connectivity index (χ2v) is 6.66. The van der Waals surface area contributed by atoms with Crippen LogP contribution in [0.15, 0.2) is 39.1 Å². The van der Waals surface area contributed by atoms with Crippen molar-refractivity contribution in [1.29, 1.82) is 0 Å². The molecule has 0 bridgehead atoms. The molecule has 0 saturated carbocycles. The molecule has 2 N–H and O–H groups in total. The molecule has 0 spiro atoms. The molecule has 0 amide bonds. The van der Waals surface area contributed by atoms with Crippen LogP contribution in [0.2, 0.25) is 0 Å². The number of guanidine groups is 1. The highest BCUT2D eigenvalue weighted by Crippen LogP contribution is 2.29. The minimum absolute atomic E-state index is 0.186. The van der Waals surface area contributed by atoms with Crippen LogP contribution in [0.25, 0.3) is 0 Å². The van der Waals surface area contributed by atoms with Crippen LogP contribution in [0.3, 0.4) is 0 Å².